The summed E-state index contributed by atoms with van der Waals surface area (Å²) in [5.74, 6) is -0.0799. The van der Waals surface area contributed by atoms with Crippen LogP contribution in [0.4, 0.5) is 0 Å². The van der Waals surface area contributed by atoms with Gasteiger partial charge in [0.25, 0.3) is 0 Å². The van der Waals surface area contributed by atoms with E-state index in [0.29, 0.717) is 5.69 Å². The fourth-order valence-corrected chi connectivity index (χ4v) is 3.24. The second-order valence-electron chi connectivity index (χ2n) is 5.23. The van der Waals surface area contributed by atoms with Crippen LogP contribution in [0.25, 0.3) is 16.7 Å². The second kappa shape index (κ2) is 5.90. The van der Waals surface area contributed by atoms with E-state index in [4.69, 9.17) is 0 Å². The van der Waals surface area contributed by atoms with Crippen molar-refractivity contribution >= 4 is 22.8 Å². The minimum atomic E-state index is -0.0748. The number of fused-ring (bicyclic) bond motifs is 1. The van der Waals surface area contributed by atoms with Crippen LogP contribution < -0.4 is 0 Å². The third-order valence-electron chi connectivity index (χ3n) is 3.51. The molecule has 24 heavy (non-hydrogen) atoms. The Balaban J connectivity index is 1.71. The molecule has 0 aliphatic carbocycles. The zero-order valence-corrected chi connectivity index (χ0v) is 13.3. The van der Waals surface area contributed by atoms with E-state index >= 15 is 0 Å². The first-order chi connectivity index (χ1) is 11.7. The molecular weight excluding hydrogens is 322 g/mol. The average Bonchev–Trinajstić information content (AvgIpc) is 2.98. The van der Waals surface area contributed by atoms with Crippen LogP contribution in [0.2, 0.25) is 0 Å². The van der Waals surface area contributed by atoms with E-state index in [1.54, 1.807) is 17.8 Å². The molecule has 4 rings (SSSR count). The van der Waals surface area contributed by atoms with Crippen LogP contribution in [0.3, 0.4) is 0 Å². The van der Waals surface area contributed by atoms with Gasteiger partial charge in [0.1, 0.15) is 28.2 Å². The van der Waals surface area contributed by atoms with Gasteiger partial charge in [-0.15, -0.1) is 15.0 Å². The molecule has 0 spiro atoms. The molecule has 0 bridgehead atoms. The molecule has 0 unspecified atom stereocenters. The Morgan fingerprint density at radius 3 is 2.33 bits per heavy atom. The maximum absolute atomic E-state index is 9.95. The van der Waals surface area contributed by atoms with Gasteiger partial charge in [0.2, 0.25) is 0 Å². The fraction of sp³-hybridized carbons (Fsp3) is 0. The van der Waals surface area contributed by atoms with Crippen LogP contribution >= 0.6 is 11.8 Å². The molecular formula is C18H13N3O2S. The van der Waals surface area contributed by atoms with Crippen LogP contribution in [0.1, 0.15) is 0 Å². The van der Waals surface area contributed by atoms with Gasteiger partial charge < -0.3 is 10.2 Å². The zero-order valence-electron chi connectivity index (χ0n) is 12.5. The number of aromatic nitrogens is 3. The highest BCUT2D eigenvalue weighted by Crippen LogP contribution is 2.30. The van der Waals surface area contributed by atoms with Crippen molar-refractivity contribution in [3.8, 4) is 17.2 Å². The number of rotatable bonds is 3. The molecule has 0 atom stereocenters. The van der Waals surface area contributed by atoms with Crippen molar-refractivity contribution in [1.29, 1.82) is 0 Å². The predicted molar refractivity (Wildman–Crippen MR) is 92.8 cm³/mol. The molecule has 2 N–H and O–H groups in total. The van der Waals surface area contributed by atoms with Gasteiger partial charge in [0, 0.05) is 15.9 Å². The zero-order chi connectivity index (χ0) is 16.5. The van der Waals surface area contributed by atoms with E-state index in [1.807, 2.05) is 36.4 Å². The summed E-state index contributed by atoms with van der Waals surface area (Å²) in [6.07, 6.45) is 0. The van der Waals surface area contributed by atoms with Gasteiger partial charge in [-0.2, -0.15) is 0 Å². The Kier molecular flexibility index (Phi) is 3.59. The highest BCUT2D eigenvalue weighted by atomic mass is 32.2. The van der Waals surface area contributed by atoms with Crippen molar-refractivity contribution in [3.63, 3.8) is 0 Å². The van der Waals surface area contributed by atoms with Gasteiger partial charge in [0.15, 0.2) is 0 Å². The summed E-state index contributed by atoms with van der Waals surface area (Å²) in [4.78, 5) is 3.59. The fourth-order valence-electron chi connectivity index (χ4n) is 2.37. The van der Waals surface area contributed by atoms with Crippen molar-refractivity contribution in [2.24, 2.45) is 0 Å². The quantitative estimate of drug-likeness (QED) is 0.592. The summed E-state index contributed by atoms with van der Waals surface area (Å²) in [5, 5.41) is 28.1. The highest BCUT2D eigenvalue weighted by molar-refractivity contribution is 7.99. The van der Waals surface area contributed by atoms with Crippen molar-refractivity contribution in [2.75, 3.05) is 0 Å². The Morgan fingerprint density at radius 2 is 1.54 bits per heavy atom. The molecule has 6 heteroatoms. The summed E-state index contributed by atoms with van der Waals surface area (Å²) < 4.78 is 0. The molecule has 1 aromatic heterocycles. The molecule has 0 saturated carbocycles. The Morgan fingerprint density at radius 1 is 0.750 bits per heavy atom. The molecule has 1 heterocycles. The average molecular weight is 335 g/mol. The highest BCUT2D eigenvalue weighted by Gasteiger charge is 2.10. The number of phenolic OH excluding ortho intramolecular Hbond substituents is 2. The lowest BCUT2D eigenvalue weighted by Gasteiger charge is -2.02. The maximum atomic E-state index is 9.95. The maximum Gasteiger partial charge on any atom is 0.146 e. The van der Waals surface area contributed by atoms with E-state index in [9.17, 15) is 10.2 Å². The van der Waals surface area contributed by atoms with Crippen molar-refractivity contribution in [2.45, 2.75) is 9.79 Å². The molecule has 0 fully saturated rings. The minimum absolute atomic E-state index is 0.00508. The van der Waals surface area contributed by atoms with E-state index < -0.39 is 0 Å². The normalized spacial score (nSPS) is 11.0. The predicted octanol–water partition coefficient (Wildman–Crippen LogP) is 3.98. The molecule has 0 radical (unpaired) electrons. The van der Waals surface area contributed by atoms with Gasteiger partial charge in [-0.3, -0.25) is 0 Å². The van der Waals surface area contributed by atoms with Crippen molar-refractivity contribution in [3.05, 3.63) is 66.7 Å². The number of benzene rings is 3. The Labute approximate surface area is 142 Å². The summed E-state index contributed by atoms with van der Waals surface area (Å²) in [6.45, 7) is 0. The SMILES string of the molecule is Oc1ccc(-n2nc3ccc(Sc4ccccc4)cc3n2)c(O)c1. The van der Waals surface area contributed by atoms with Gasteiger partial charge in [-0.25, -0.2) is 0 Å². The molecule has 0 aliphatic rings. The van der Waals surface area contributed by atoms with Gasteiger partial charge in [-0.1, -0.05) is 30.0 Å². The van der Waals surface area contributed by atoms with Gasteiger partial charge in [-0.05, 0) is 42.5 Å². The lowest BCUT2D eigenvalue weighted by molar-refractivity contribution is 0.446. The standard InChI is InChI=1S/C18H13N3O2S/c22-12-6-9-17(18(23)10-12)21-19-15-8-7-14(11-16(15)20-21)24-13-4-2-1-3-5-13/h1-11,22-23H. The summed E-state index contributed by atoms with van der Waals surface area (Å²) >= 11 is 1.65. The summed E-state index contributed by atoms with van der Waals surface area (Å²) in [7, 11) is 0. The molecule has 4 aromatic rings. The minimum Gasteiger partial charge on any atom is -0.508 e. The summed E-state index contributed by atoms with van der Waals surface area (Å²) in [6, 6.07) is 20.3. The second-order valence-corrected chi connectivity index (χ2v) is 6.38. The molecule has 3 aromatic carbocycles. The molecule has 0 aliphatic heterocycles. The number of phenols is 2. The van der Waals surface area contributed by atoms with Gasteiger partial charge >= 0.3 is 0 Å². The first-order valence-electron chi connectivity index (χ1n) is 7.31. The first-order valence-corrected chi connectivity index (χ1v) is 8.13. The van der Waals surface area contributed by atoms with Crippen LogP contribution in [-0.4, -0.2) is 25.2 Å². The summed E-state index contributed by atoms with van der Waals surface area (Å²) in [5.41, 5.74) is 1.89. The van der Waals surface area contributed by atoms with Gasteiger partial charge in [0.05, 0.1) is 0 Å². The lowest BCUT2D eigenvalue weighted by atomic mass is 10.3. The Bertz CT molecular complexity index is 1020. The van der Waals surface area contributed by atoms with Crippen LogP contribution in [0.5, 0.6) is 11.5 Å². The first kappa shape index (κ1) is 14.6. The largest absolute Gasteiger partial charge is 0.508 e. The van der Waals surface area contributed by atoms with E-state index in [-0.39, 0.29) is 11.5 Å². The smallest absolute Gasteiger partial charge is 0.146 e. The third kappa shape index (κ3) is 2.79. The van der Waals surface area contributed by atoms with E-state index in [1.165, 1.54) is 16.9 Å². The monoisotopic (exact) mass is 335 g/mol. The number of hydrogen-bond donors (Lipinski definition) is 2. The molecule has 0 amide bonds. The number of hydrogen-bond acceptors (Lipinski definition) is 5. The van der Waals surface area contributed by atoms with E-state index in [2.05, 4.69) is 22.3 Å². The number of aromatic hydroxyl groups is 2. The lowest BCUT2D eigenvalue weighted by Crippen LogP contribution is -1.98. The molecule has 0 saturated heterocycles. The molecule has 118 valence electrons. The van der Waals surface area contributed by atoms with Crippen LogP contribution in [0, 0.1) is 0 Å². The van der Waals surface area contributed by atoms with Crippen molar-refractivity contribution in [1.82, 2.24) is 15.0 Å². The number of nitrogens with zero attached hydrogens (tertiary/aromatic N) is 3. The third-order valence-corrected chi connectivity index (χ3v) is 4.50. The molecule has 5 nitrogen and oxygen atoms in total. The van der Waals surface area contributed by atoms with Crippen LogP contribution in [0.15, 0.2) is 76.5 Å². The topological polar surface area (TPSA) is 71.2 Å². The van der Waals surface area contributed by atoms with Crippen LogP contribution in [-0.2, 0) is 0 Å². The Hall–Kier alpha value is -2.99. The van der Waals surface area contributed by atoms with E-state index in [0.717, 1.165) is 20.8 Å². The van der Waals surface area contributed by atoms with Crippen molar-refractivity contribution < 1.29 is 10.2 Å².